The maximum atomic E-state index is 14.2. The minimum absolute atomic E-state index is 0.0316. The molecule has 5 nitrogen and oxygen atoms in total. The van der Waals surface area contributed by atoms with E-state index in [0.29, 0.717) is 6.42 Å². The van der Waals surface area contributed by atoms with Crippen LogP contribution in [0.3, 0.4) is 0 Å². The van der Waals surface area contributed by atoms with E-state index in [0.717, 1.165) is 42.1 Å². The summed E-state index contributed by atoms with van der Waals surface area (Å²) < 4.78 is 6.94. The van der Waals surface area contributed by atoms with Gasteiger partial charge in [-0.1, -0.05) is 52.7 Å². The van der Waals surface area contributed by atoms with Crippen LogP contribution in [0.4, 0.5) is 0 Å². The minimum Gasteiger partial charge on any atom is -0.413 e. The maximum absolute atomic E-state index is 14.2. The second kappa shape index (κ2) is 8.30. The van der Waals surface area contributed by atoms with E-state index in [-0.39, 0.29) is 30.6 Å². The molecule has 0 amide bonds. The number of aliphatic hydroxyl groups is 3. The number of hydrogen-bond donors (Lipinski definition) is 3. The molecule has 3 aliphatic carbocycles. The molecule has 3 aliphatic rings. The Morgan fingerprint density at radius 2 is 1.59 bits per heavy atom. The van der Waals surface area contributed by atoms with Gasteiger partial charge in [0.05, 0.1) is 11.5 Å². The summed E-state index contributed by atoms with van der Waals surface area (Å²) in [6, 6.07) is 2.93. The zero-order valence-electron chi connectivity index (χ0n) is 21.5. The number of fused-ring (bicyclic) bond motifs is 3. The highest BCUT2D eigenvalue weighted by Crippen LogP contribution is 2.63. The Hall–Kier alpha value is -0.533. The van der Waals surface area contributed by atoms with Crippen LogP contribution < -0.4 is 0 Å². The lowest BCUT2D eigenvalue weighted by molar-refractivity contribution is -0.359. The number of carbonyl (C=O) groups excluding carboxylic acids is 1. The first-order valence-corrected chi connectivity index (χ1v) is 15.3. The molecule has 2 fully saturated rings. The smallest absolute Gasteiger partial charge is 0.197 e. The van der Waals surface area contributed by atoms with Crippen LogP contribution in [-0.4, -0.2) is 46.9 Å². The van der Waals surface area contributed by atoms with Crippen LogP contribution in [0.5, 0.6) is 0 Å². The van der Waals surface area contributed by atoms with E-state index in [1.807, 2.05) is 34.6 Å². The Labute approximate surface area is 195 Å². The van der Waals surface area contributed by atoms with Crippen LogP contribution in [0.1, 0.15) is 87.5 Å². The number of carbonyl (C=O) groups is 1. The Bertz CT molecular complexity index is 775. The molecule has 2 saturated carbocycles. The van der Waals surface area contributed by atoms with Gasteiger partial charge >= 0.3 is 0 Å². The number of rotatable bonds is 5. The van der Waals surface area contributed by atoms with Crippen molar-refractivity contribution in [2.75, 3.05) is 0 Å². The fourth-order valence-electron chi connectivity index (χ4n) is 7.56. The average molecular weight is 467 g/mol. The van der Waals surface area contributed by atoms with Crippen LogP contribution in [-0.2, 0) is 9.22 Å². The molecule has 0 saturated heterocycles. The van der Waals surface area contributed by atoms with Gasteiger partial charge in [0.1, 0.15) is 11.4 Å². The zero-order chi connectivity index (χ0) is 24.3. The summed E-state index contributed by atoms with van der Waals surface area (Å²) in [5.74, 6) is -3.27. The largest absolute Gasteiger partial charge is 0.413 e. The maximum Gasteiger partial charge on any atom is 0.197 e. The van der Waals surface area contributed by atoms with Crippen molar-refractivity contribution in [1.82, 2.24) is 0 Å². The fraction of sp³-hybridized carbons (Fsp3) is 0.885. The highest BCUT2D eigenvalue weighted by atomic mass is 28.4. The molecule has 0 aromatic heterocycles. The molecule has 32 heavy (non-hydrogen) atoms. The molecule has 0 aromatic rings. The highest BCUT2D eigenvalue weighted by Gasteiger charge is 2.71. The molecule has 0 radical (unpaired) electrons. The first kappa shape index (κ1) is 26.1. The molecule has 6 heteroatoms. The van der Waals surface area contributed by atoms with Crippen molar-refractivity contribution < 1.29 is 24.5 Å². The topological polar surface area (TPSA) is 87.0 Å². The molecule has 0 unspecified atom stereocenters. The van der Waals surface area contributed by atoms with Gasteiger partial charge in [-0.3, -0.25) is 4.79 Å². The van der Waals surface area contributed by atoms with Gasteiger partial charge in [0, 0.05) is 17.8 Å². The second-order valence-electron chi connectivity index (χ2n) is 11.7. The van der Waals surface area contributed by atoms with Crippen molar-refractivity contribution in [1.29, 1.82) is 0 Å². The van der Waals surface area contributed by atoms with Crippen LogP contribution in [0.15, 0.2) is 11.1 Å². The second-order valence-corrected chi connectivity index (χ2v) is 16.5. The number of Topliss-reactive ketones (excluding diaryl/α,β-unsaturated/α-hetero) is 1. The zero-order valence-corrected chi connectivity index (χ0v) is 22.5. The molecule has 184 valence electrons. The van der Waals surface area contributed by atoms with E-state index in [1.165, 1.54) is 0 Å². The lowest BCUT2D eigenvalue weighted by Crippen LogP contribution is -2.74. The van der Waals surface area contributed by atoms with E-state index in [9.17, 15) is 20.1 Å². The highest BCUT2D eigenvalue weighted by molar-refractivity contribution is 6.73. The van der Waals surface area contributed by atoms with Crippen LogP contribution in [0.2, 0.25) is 18.1 Å². The Balaban J connectivity index is 2.23. The summed E-state index contributed by atoms with van der Waals surface area (Å²) in [6.07, 6.45) is 2.23. The van der Waals surface area contributed by atoms with Gasteiger partial charge in [-0.25, -0.2) is 0 Å². The summed E-state index contributed by atoms with van der Waals surface area (Å²) in [7, 11) is -2.03. The standard InChI is InChI=1S/C26H46O5Si/c1-9-32(10-2,11-3)31-21-13-12-18(5)22-24(21,8)20(27)16-19-17(4)14-15-25(28,23(19,6)7)26(22,29)30/h18,21-22,28-30H,9-16H2,1-8H3/t18-,21+,22-,24-,25+/m1/s1. The Kier molecular flexibility index (Phi) is 6.76. The molecule has 5 atom stereocenters. The van der Waals surface area contributed by atoms with Crippen molar-refractivity contribution in [3.8, 4) is 0 Å². The lowest BCUT2D eigenvalue weighted by Gasteiger charge is -2.63. The Morgan fingerprint density at radius 3 is 2.12 bits per heavy atom. The first-order chi connectivity index (χ1) is 14.7. The third-order valence-electron chi connectivity index (χ3n) is 10.2. The summed E-state index contributed by atoms with van der Waals surface area (Å²) in [4.78, 5) is 14.2. The molecule has 3 rings (SSSR count). The molecule has 3 N–H and O–H groups in total. The molecule has 0 aromatic carbocycles. The SMILES string of the molecule is CC[Si](CC)(CC)O[C@H]1CC[C@@H](C)[C@H]2C(O)(O)[C@]3(O)CCC(C)=C(CC(=O)[C@]12C)C3(C)C. The van der Waals surface area contributed by atoms with E-state index in [2.05, 4.69) is 20.8 Å². The van der Waals surface area contributed by atoms with E-state index in [4.69, 9.17) is 4.43 Å². The monoisotopic (exact) mass is 466 g/mol. The van der Waals surface area contributed by atoms with Gasteiger partial charge in [-0.2, -0.15) is 0 Å². The van der Waals surface area contributed by atoms with Gasteiger partial charge in [0.15, 0.2) is 14.1 Å². The molecular formula is C26H46O5Si. The van der Waals surface area contributed by atoms with Gasteiger partial charge < -0.3 is 19.7 Å². The molecule has 2 bridgehead atoms. The molecule has 0 spiro atoms. The molecular weight excluding hydrogens is 420 g/mol. The van der Waals surface area contributed by atoms with Gasteiger partial charge in [0.2, 0.25) is 0 Å². The van der Waals surface area contributed by atoms with Crippen molar-refractivity contribution in [3.05, 3.63) is 11.1 Å². The number of hydrogen-bond acceptors (Lipinski definition) is 5. The summed E-state index contributed by atoms with van der Waals surface area (Å²) in [6.45, 7) is 16.2. The van der Waals surface area contributed by atoms with Gasteiger partial charge in [-0.05, 0) is 63.6 Å². The van der Waals surface area contributed by atoms with Crippen molar-refractivity contribution >= 4 is 14.1 Å². The third kappa shape index (κ3) is 3.35. The Morgan fingerprint density at radius 1 is 1.03 bits per heavy atom. The predicted octanol–water partition coefficient (Wildman–Crippen LogP) is 4.95. The summed E-state index contributed by atoms with van der Waals surface area (Å²) >= 11 is 0. The fourth-order valence-corrected chi connectivity index (χ4v) is 10.5. The molecule has 0 aliphatic heterocycles. The van der Waals surface area contributed by atoms with Crippen molar-refractivity contribution in [2.24, 2.45) is 22.7 Å². The number of ketones is 1. The average Bonchev–Trinajstić information content (AvgIpc) is 2.73. The third-order valence-corrected chi connectivity index (χ3v) is 14.9. The normalized spacial score (nSPS) is 39.3. The van der Waals surface area contributed by atoms with E-state index < -0.39 is 36.5 Å². The van der Waals surface area contributed by atoms with Crippen LogP contribution >= 0.6 is 0 Å². The first-order valence-electron chi connectivity index (χ1n) is 12.8. The van der Waals surface area contributed by atoms with E-state index >= 15 is 0 Å². The lowest BCUT2D eigenvalue weighted by atomic mass is 9.46. The van der Waals surface area contributed by atoms with Crippen molar-refractivity contribution in [2.45, 2.75) is 123 Å². The van der Waals surface area contributed by atoms with Gasteiger partial charge in [0.25, 0.3) is 0 Å². The van der Waals surface area contributed by atoms with Crippen LogP contribution in [0, 0.1) is 22.7 Å². The minimum atomic E-state index is -2.40. The van der Waals surface area contributed by atoms with Crippen molar-refractivity contribution in [3.63, 3.8) is 0 Å². The molecule has 0 heterocycles. The predicted molar refractivity (Wildman–Crippen MR) is 130 cm³/mol. The van der Waals surface area contributed by atoms with E-state index in [1.54, 1.807) is 0 Å². The summed E-state index contributed by atoms with van der Waals surface area (Å²) in [5, 5.41) is 35.8. The van der Waals surface area contributed by atoms with Gasteiger partial charge in [-0.15, -0.1) is 0 Å². The van der Waals surface area contributed by atoms with Crippen LogP contribution in [0.25, 0.3) is 0 Å². The summed E-state index contributed by atoms with van der Waals surface area (Å²) in [5.41, 5.74) is -1.74. The quantitative estimate of drug-likeness (QED) is 0.303. The number of allylic oxidation sites excluding steroid dienone is 1.